The van der Waals surface area contributed by atoms with Crippen molar-refractivity contribution in [2.75, 3.05) is 7.11 Å². The van der Waals surface area contributed by atoms with Crippen molar-refractivity contribution in [1.82, 2.24) is 5.32 Å². The molecule has 0 unspecified atom stereocenters. The summed E-state index contributed by atoms with van der Waals surface area (Å²) in [5.74, 6) is 0.507. The second-order valence-electron chi connectivity index (χ2n) is 5.67. The first-order valence-electron chi connectivity index (χ1n) is 7.20. The van der Waals surface area contributed by atoms with Crippen LogP contribution in [0.2, 0.25) is 0 Å². The highest BCUT2D eigenvalue weighted by atomic mass is 19.1. The van der Waals surface area contributed by atoms with Crippen LogP contribution in [0.1, 0.15) is 38.2 Å². The lowest BCUT2D eigenvalue weighted by atomic mass is 9.87. The average Bonchev–Trinajstić information content (AvgIpc) is 2.41. The van der Waals surface area contributed by atoms with Gasteiger partial charge in [-0.3, -0.25) is 4.79 Å². The molecule has 1 amide bonds. The van der Waals surface area contributed by atoms with Gasteiger partial charge in [-0.25, -0.2) is 4.39 Å². The maximum absolute atomic E-state index is 13.5. The molecule has 1 N–H and O–H groups in total. The van der Waals surface area contributed by atoms with Crippen LogP contribution in [0.15, 0.2) is 18.2 Å². The van der Waals surface area contributed by atoms with Gasteiger partial charge < -0.3 is 10.1 Å². The third-order valence-electron chi connectivity index (χ3n) is 3.96. The number of carbonyl (C=O) groups excluding carboxylic acids is 1. The van der Waals surface area contributed by atoms with E-state index in [4.69, 9.17) is 4.74 Å². The smallest absolute Gasteiger partial charge is 0.224 e. The fourth-order valence-corrected chi connectivity index (χ4v) is 2.69. The minimum absolute atomic E-state index is 0.0332. The summed E-state index contributed by atoms with van der Waals surface area (Å²) < 4.78 is 18.4. The van der Waals surface area contributed by atoms with Crippen LogP contribution in [0.5, 0.6) is 5.75 Å². The van der Waals surface area contributed by atoms with Crippen LogP contribution in [0.4, 0.5) is 4.39 Å². The number of nitrogens with one attached hydrogen (secondary N) is 1. The van der Waals surface area contributed by atoms with Crippen molar-refractivity contribution < 1.29 is 13.9 Å². The summed E-state index contributed by atoms with van der Waals surface area (Å²) in [4.78, 5) is 12.0. The second kappa shape index (κ2) is 6.73. The van der Waals surface area contributed by atoms with Gasteiger partial charge in [-0.1, -0.05) is 13.0 Å². The molecule has 110 valence electrons. The van der Waals surface area contributed by atoms with E-state index in [2.05, 4.69) is 12.2 Å². The summed E-state index contributed by atoms with van der Waals surface area (Å²) in [6, 6.07) is 4.92. The molecule has 1 aliphatic carbocycles. The summed E-state index contributed by atoms with van der Waals surface area (Å²) in [5, 5.41) is 3.04. The lowest BCUT2D eigenvalue weighted by Gasteiger charge is -2.26. The predicted octanol–water partition coefficient (Wildman–Crippen LogP) is 3.07. The molecule has 0 aliphatic heterocycles. The van der Waals surface area contributed by atoms with E-state index in [1.54, 1.807) is 12.1 Å². The summed E-state index contributed by atoms with van der Waals surface area (Å²) in [7, 11) is 1.43. The molecule has 4 heteroatoms. The van der Waals surface area contributed by atoms with Crippen molar-refractivity contribution in [1.29, 1.82) is 0 Å². The molecule has 0 heterocycles. The monoisotopic (exact) mass is 279 g/mol. The van der Waals surface area contributed by atoms with Gasteiger partial charge in [-0.05, 0) is 49.3 Å². The fraction of sp³-hybridized carbons (Fsp3) is 0.562. The minimum Gasteiger partial charge on any atom is -0.494 e. The highest BCUT2D eigenvalue weighted by Gasteiger charge is 2.19. The van der Waals surface area contributed by atoms with Crippen molar-refractivity contribution in [2.45, 2.75) is 45.1 Å². The highest BCUT2D eigenvalue weighted by molar-refractivity contribution is 5.78. The molecule has 20 heavy (non-hydrogen) atoms. The van der Waals surface area contributed by atoms with Crippen LogP contribution in [0.25, 0.3) is 0 Å². The third-order valence-corrected chi connectivity index (χ3v) is 3.96. The Morgan fingerprint density at radius 2 is 2.05 bits per heavy atom. The Labute approximate surface area is 119 Å². The number of methoxy groups -OCH3 is 1. The molecule has 0 aromatic heterocycles. The number of amides is 1. The van der Waals surface area contributed by atoms with Gasteiger partial charge in [-0.2, -0.15) is 0 Å². The normalized spacial score (nSPS) is 22.4. The molecular weight excluding hydrogens is 257 g/mol. The second-order valence-corrected chi connectivity index (χ2v) is 5.67. The first-order valence-corrected chi connectivity index (χ1v) is 7.20. The summed E-state index contributed by atoms with van der Waals surface area (Å²) in [6.07, 6.45) is 4.64. The Morgan fingerprint density at radius 3 is 2.65 bits per heavy atom. The molecule has 0 atom stereocenters. The Bertz CT molecular complexity index is 468. The van der Waals surface area contributed by atoms with Crippen LogP contribution < -0.4 is 10.1 Å². The highest BCUT2D eigenvalue weighted by Crippen LogP contribution is 2.23. The van der Waals surface area contributed by atoms with Gasteiger partial charge in [0.1, 0.15) is 0 Å². The number of carbonyl (C=O) groups is 1. The molecule has 1 aromatic carbocycles. The Hall–Kier alpha value is -1.58. The van der Waals surface area contributed by atoms with Gasteiger partial charge in [0.15, 0.2) is 11.6 Å². The molecule has 0 saturated heterocycles. The molecule has 1 saturated carbocycles. The Morgan fingerprint density at radius 1 is 1.35 bits per heavy atom. The molecule has 1 aromatic rings. The zero-order chi connectivity index (χ0) is 14.5. The summed E-state index contributed by atoms with van der Waals surface area (Å²) in [6.45, 7) is 2.25. The van der Waals surface area contributed by atoms with E-state index in [1.807, 2.05) is 0 Å². The minimum atomic E-state index is -0.427. The predicted molar refractivity (Wildman–Crippen MR) is 76.2 cm³/mol. The average molecular weight is 279 g/mol. The SMILES string of the molecule is COc1ccc(CC(=O)NC2CCC(C)CC2)cc1F. The number of rotatable bonds is 4. The first-order chi connectivity index (χ1) is 9.58. The quantitative estimate of drug-likeness (QED) is 0.920. The van der Waals surface area contributed by atoms with E-state index < -0.39 is 5.82 Å². The van der Waals surface area contributed by atoms with Gasteiger partial charge in [0.05, 0.1) is 13.5 Å². The molecule has 1 fully saturated rings. The van der Waals surface area contributed by atoms with E-state index in [1.165, 1.54) is 26.0 Å². The lowest BCUT2D eigenvalue weighted by Crippen LogP contribution is -2.38. The zero-order valence-corrected chi connectivity index (χ0v) is 12.1. The largest absolute Gasteiger partial charge is 0.494 e. The number of hydrogen-bond donors (Lipinski definition) is 1. The standard InChI is InChI=1S/C16H22FNO2/c1-11-3-6-13(7-4-11)18-16(19)10-12-5-8-15(20-2)14(17)9-12/h5,8-9,11,13H,3-4,6-7,10H2,1-2H3,(H,18,19). The van der Waals surface area contributed by atoms with Gasteiger partial charge in [0.2, 0.25) is 5.91 Å². The van der Waals surface area contributed by atoms with Gasteiger partial charge in [0, 0.05) is 6.04 Å². The molecular formula is C16H22FNO2. The van der Waals surface area contributed by atoms with Crippen LogP contribution in [-0.2, 0) is 11.2 Å². The van der Waals surface area contributed by atoms with E-state index in [0.717, 1.165) is 18.8 Å². The Kier molecular flexibility index (Phi) is 4.99. The van der Waals surface area contributed by atoms with Crippen molar-refractivity contribution in [3.8, 4) is 5.75 Å². The summed E-state index contributed by atoms with van der Waals surface area (Å²) >= 11 is 0. The van der Waals surface area contributed by atoms with Crippen LogP contribution >= 0.6 is 0 Å². The van der Waals surface area contributed by atoms with Crippen molar-refractivity contribution >= 4 is 5.91 Å². The van der Waals surface area contributed by atoms with E-state index in [-0.39, 0.29) is 24.1 Å². The number of ether oxygens (including phenoxy) is 1. The topological polar surface area (TPSA) is 38.3 Å². The van der Waals surface area contributed by atoms with Crippen molar-refractivity contribution in [3.63, 3.8) is 0 Å². The maximum atomic E-state index is 13.5. The summed E-state index contributed by atoms with van der Waals surface area (Å²) in [5.41, 5.74) is 0.671. The molecule has 3 nitrogen and oxygen atoms in total. The molecule has 1 aliphatic rings. The fourth-order valence-electron chi connectivity index (χ4n) is 2.69. The van der Waals surface area contributed by atoms with Gasteiger partial charge in [-0.15, -0.1) is 0 Å². The maximum Gasteiger partial charge on any atom is 0.224 e. The molecule has 0 spiro atoms. The molecule has 2 rings (SSSR count). The van der Waals surface area contributed by atoms with Gasteiger partial charge in [0.25, 0.3) is 0 Å². The van der Waals surface area contributed by atoms with Crippen LogP contribution in [0, 0.1) is 11.7 Å². The van der Waals surface area contributed by atoms with Crippen LogP contribution in [0.3, 0.4) is 0 Å². The lowest BCUT2D eigenvalue weighted by molar-refractivity contribution is -0.121. The van der Waals surface area contributed by atoms with E-state index in [0.29, 0.717) is 5.56 Å². The van der Waals surface area contributed by atoms with Crippen molar-refractivity contribution in [2.24, 2.45) is 5.92 Å². The number of halogens is 1. The third kappa shape index (κ3) is 3.95. The van der Waals surface area contributed by atoms with E-state index >= 15 is 0 Å². The van der Waals surface area contributed by atoms with Gasteiger partial charge >= 0.3 is 0 Å². The number of benzene rings is 1. The molecule has 0 bridgehead atoms. The zero-order valence-electron chi connectivity index (χ0n) is 12.1. The Balaban J connectivity index is 1.86. The first kappa shape index (κ1) is 14.8. The number of hydrogen-bond acceptors (Lipinski definition) is 2. The van der Waals surface area contributed by atoms with E-state index in [9.17, 15) is 9.18 Å². The van der Waals surface area contributed by atoms with Crippen molar-refractivity contribution in [3.05, 3.63) is 29.6 Å². The van der Waals surface area contributed by atoms with Crippen LogP contribution in [-0.4, -0.2) is 19.1 Å². The molecule has 0 radical (unpaired) electrons.